The van der Waals surface area contributed by atoms with Gasteiger partial charge in [-0.1, -0.05) is 13.8 Å². The van der Waals surface area contributed by atoms with E-state index in [1.54, 1.807) is 26.0 Å². The molecule has 1 aliphatic heterocycles. The van der Waals surface area contributed by atoms with Crippen molar-refractivity contribution in [3.05, 3.63) is 24.3 Å². The molecule has 25 heavy (non-hydrogen) atoms. The third-order valence-corrected chi connectivity index (χ3v) is 5.59. The Morgan fingerprint density at radius 3 is 2.52 bits per heavy atom. The van der Waals surface area contributed by atoms with Gasteiger partial charge >= 0.3 is 0 Å². The second-order valence-electron chi connectivity index (χ2n) is 6.40. The zero-order chi connectivity index (χ0) is 18.4. The van der Waals surface area contributed by atoms with Crippen LogP contribution in [0.4, 0.5) is 0 Å². The first-order chi connectivity index (χ1) is 11.8. The van der Waals surface area contributed by atoms with E-state index in [-0.39, 0.29) is 22.8 Å². The predicted octanol–water partition coefficient (Wildman–Crippen LogP) is 1.29. The Morgan fingerprint density at radius 2 is 2.00 bits per heavy atom. The number of carbonyl (C=O) groups excluding carboxylic acids is 1. The van der Waals surface area contributed by atoms with Crippen molar-refractivity contribution in [2.45, 2.75) is 43.7 Å². The molecule has 1 amide bonds. The molecule has 2 atom stereocenters. The summed E-state index contributed by atoms with van der Waals surface area (Å²) in [6, 6.07) is 5.17. The van der Waals surface area contributed by atoms with Gasteiger partial charge in [0.25, 0.3) is 0 Å². The molecule has 2 rings (SSSR count). The summed E-state index contributed by atoms with van der Waals surface area (Å²) < 4.78 is 38.1. The Bertz CT molecular complexity index is 667. The fraction of sp³-hybridized carbons (Fsp3) is 0.588. The summed E-state index contributed by atoms with van der Waals surface area (Å²) >= 11 is 0. The van der Waals surface area contributed by atoms with Crippen LogP contribution in [0.3, 0.4) is 0 Å². The van der Waals surface area contributed by atoms with Crippen LogP contribution in [0.25, 0.3) is 0 Å². The minimum absolute atomic E-state index is 0.00922. The average molecular weight is 370 g/mol. The van der Waals surface area contributed by atoms with Gasteiger partial charge in [0.15, 0.2) is 0 Å². The largest absolute Gasteiger partial charge is 0.497 e. The predicted molar refractivity (Wildman–Crippen MR) is 93.9 cm³/mol. The standard InChI is InChI=1S/C17H26N2O5S/c1-12(2)16(17(20)18-11-14-5-4-10-24-14)19-25(21,22)15-8-6-13(23-3)7-9-15/h6-9,12,14,16,19H,4-5,10-11H2,1-3H3,(H,18,20). The highest BCUT2D eigenvalue weighted by Gasteiger charge is 2.29. The maximum atomic E-state index is 12.6. The van der Waals surface area contributed by atoms with Crippen LogP contribution in [0.2, 0.25) is 0 Å². The van der Waals surface area contributed by atoms with Crippen LogP contribution in [0.15, 0.2) is 29.2 Å². The van der Waals surface area contributed by atoms with Crippen LogP contribution < -0.4 is 14.8 Å². The van der Waals surface area contributed by atoms with Gasteiger partial charge in [-0.2, -0.15) is 4.72 Å². The number of sulfonamides is 1. The molecule has 0 aromatic heterocycles. The van der Waals surface area contributed by atoms with Gasteiger partial charge in [-0.25, -0.2) is 8.42 Å². The minimum Gasteiger partial charge on any atom is -0.497 e. The van der Waals surface area contributed by atoms with Gasteiger partial charge in [0.1, 0.15) is 11.8 Å². The number of carbonyl (C=O) groups is 1. The number of amides is 1. The summed E-state index contributed by atoms with van der Waals surface area (Å²) in [5, 5.41) is 2.79. The molecule has 1 heterocycles. The van der Waals surface area contributed by atoms with Gasteiger partial charge in [-0.3, -0.25) is 4.79 Å². The monoisotopic (exact) mass is 370 g/mol. The van der Waals surface area contributed by atoms with Crippen LogP contribution in [0.1, 0.15) is 26.7 Å². The lowest BCUT2D eigenvalue weighted by atomic mass is 10.0. The Hall–Kier alpha value is -1.64. The molecule has 0 radical (unpaired) electrons. The number of rotatable bonds is 8. The Balaban J connectivity index is 2.03. The van der Waals surface area contributed by atoms with Gasteiger partial charge in [-0.15, -0.1) is 0 Å². The SMILES string of the molecule is COc1ccc(S(=O)(=O)NC(C(=O)NCC2CCCO2)C(C)C)cc1. The first-order valence-electron chi connectivity index (χ1n) is 8.39. The molecule has 7 nitrogen and oxygen atoms in total. The summed E-state index contributed by atoms with van der Waals surface area (Å²) in [5.74, 6) is 0.0220. The second-order valence-corrected chi connectivity index (χ2v) is 8.11. The van der Waals surface area contributed by atoms with E-state index in [4.69, 9.17) is 9.47 Å². The smallest absolute Gasteiger partial charge is 0.241 e. The van der Waals surface area contributed by atoms with Crippen LogP contribution in [-0.2, 0) is 19.6 Å². The molecule has 1 aliphatic rings. The lowest BCUT2D eigenvalue weighted by molar-refractivity contribution is -0.124. The van der Waals surface area contributed by atoms with Crippen LogP contribution in [0.5, 0.6) is 5.75 Å². The summed E-state index contributed by atoms with van der Waals surface area (Å²) in [5.41, 5.74) is 0. The molecule has 1 fully saturated rings. The third kappa shape index (κ3) is 5.42. The van der Waals surface area contributed by atoms with Crippen LogP contribution in [0, 0.1) is 5.92 Å². The summed E-state index contributed by atoms with van der Waals surface area (Å²) in [6.07, 6.45) is 1.90. The molecule has 1 aromatic carbocycles. The number of methoxy groups -OCH3 is 1. The lowest BCUT2D eigenvalue weighted by Gasteiger charge is -2.22. The normalized spacial score (nSPS) is 19.0. The van der Waals surface area contributed by atoms with E-state index in [0.29, 0.717) is 18.9 Å². The molecule has 8 heteroatoms. The first kappa shape index (κ1) is 19.7. The molecular weight excluding hydrogens is 344 g/mol. The number of ether oxygens (including phenoxy) is 2. The fourth-order valence-corrected chi connectivity index (χ4v) is 3.96. The quantitative estimate of drug-likeness (QED) is 0.719. The molecule has 0 spiro atoms. The zero-order valence-electron chi connectivity index (χ0n) is 14.8. The Labute approximate surface area is 149 Å². The highest BCUT2D eigenvalue weighted by atomic mass is 32.2. The van der Waals surface area contributed by atoms with Crippen molar-refractivity contribution in [2.24, 2.45) is 5.92 Å². The van der Waals surface area contributed by atoms with Gasteiger partial charge in [0.05, 0.1) is 18.1 Å². The zero-order valence-corrected chi connectivity index (χ0v) is 15.6. The van der Waals surface area contributed by atoms with E-state index in [0.717, 1.165) is 12.8 Å². The van der Waals surface area contributed by atoms with Gasteiger partial charge in [0.2, 0.25) is 15.9 Å². The van der Waals surface area contributed by atoms with Crippen molar-refractivity contribution < 1.29 is 22.7 Å². The summed E-state index contributed by atoms with van der Waals surface area (Å²) in [7, 11) is -2.30. The van der Waals surface area contributed by atoms with E-state index in [1.807, 2.05) is 0 Å². The first-order valence-corrected chi connectivity index (χ1v) is 9.87. The fourth-order valence-electron chi connectivity index (χ4n) is 2.61. The van der Waals surface area contributed by atoms with Crippen LogP contribution in [-0.4, -0.2) is 46.7 Å². The highest BCUT2D eigenvalue weighted by molar-refractivity contribution is 7.89. The number of hydrogen-bond acceptors (Lipinski definition) is 5. The summed E-state index contributed by atoms with van der Waals surface area (Å²) in [6.45, 7) is 4.70. The molecular formula is C17H26N2O5S. The van der Waals surface area contributed by atoms with Gasteiger partial charge < -0.3 is 14.8 Å². The van der Waals surface area contributed by atoms with E-state index >= 15 is 0 Å². The third-order valence-electron chi connectivity index (χ3n) is 4.13. The van der Waals surface area contributed by atoms with Crippen molar-refractivity contribution in [1.29, 1.82) is 0 Å². The van der Waals surface area contributed by atoms with Gasteiger partial charge in [-0.05, 0) is 43.0 Å². The van der Waals surface area contributed by atoms with E-state index in [9.17, 15) is 13.2 Å². The topological polar surface area (TPSA) is 93.7 Å². The highest BCUT2D eigenvalue weighted by Crippen LogP contribution is 2.17. The molecule has 2 N–H and O–H groups in total. The molecule has 0 saturated carbocycles. The maximum absolute atomic E-state index is 12.6. The van der Waals surface area contributed by atoms with Gasteiger partial charge in [0, 0.05) is 13.2 Å². The number of benzene rings is 1. The Morgan fingerprint density at radius 1 is 1.32 bits per heavy atom. The van der Waals surface area contributed by atoms with E-state index in [2.05, 4.69) is 10.0 Å². The van der Waals surface area contributed by atoms with E-state index < -0.39 is 16.1 Å². The lowest BCUT2D eigenvalue weighted by Crippen LogP contribution is -2.50. The van der Waals surface area contributed by atoms with Crippen LogP contribution >= 0.6 is 0 Å². The maximum Gasteiger partial charge on any atom is 0.241 e. The van der Waals surface area contributed by atoms with Crippen molar-refractivity contribution >= 4 is 15.9 Å². The summed E-state index contributed by atoms with van der Waals surface area (Å²) in [4.78, 5) is 12.5. The molecule has 140 valence electrons. The molecule has 2 unspecified atom stereocenters. The second kappa shape index (κ2) is 8.64. The van der Waals surface area contributed by atoms with Crippen molar-refractivity contribution in [3.63, 3.8) is 0 Å². The number of nitrogens with one attached hydrogen (secondary N) is 2. The minimum atomic E-state index is -3.81. The molecule has 0 aliphatic carbocycles. The Kier molecular flexibility index (Phi) is 6.80. The average Bonchev–Trinajstić information content (AvgIpc) is 3.11. The molecule has 0 bridgehead atoms. The molecule has 1 saturated heterocycles. The van der Waals surface area contributed by atoms with Crippen molar-refractivity contribution in [3.8, 4) is 5.75 Å². The molecule has 1 aromatic rings. The van der Waals surface area contributed by atoms with Crippen molar-refractivity contribution in [1.82, 2.24) is 10.0 Å². The van der Waals surface area contributed by atoms with E-state index in [1.165, 1.54) is 19.2 Å². The van der Waals surface area contributed by atoms with Crippen molar-refractivity contribution in [2.75, 3.05) is 20.3 Å². The number of hydrogen-bond donors (Lipinski definition) is 2.